The fourth-order valence-corrected chi connectivity index (χ4v) is 4.15. The van der Waals surface area contributed by atoms with Crippen LogP contribution in [0.4, 0.5) is 0 Å². The lowest BCUT2D eigenvalue weighted by Crippen LogP contribution is -2.54. The first-order chi connectivity index (χ1) is 16.9. The quantitative estimate of drug-likeness (QED) is 0.206. The first-order valence-electron chi connectivity index (χ1n) is 11.9. The fourth-order valence-electron chi connectivity index (χ4n) is 4.15. The topological polar surface area (TPSA) is 111 Å². The zero-order valence-electron chi connectivity index (χ0n) is 20.3. The van der Waals surface area contributed by atoms with Crippen molar-refractivity contribution in [3.8, 4) is 11.1 Å². The Morgan fingerprint density at radius 3 is 2.14 bits per heavy atom. The standard InChI is InChI=1S/C26H34N4O5/c1-27-24(31)23(25(32)28-34)29(2)26(33)22-12-10-21(11-13-22)20-8-6-19(7-9-20)5-3-4-14-30-15-17-35-18-16-30/h6-13,23,34H,3-5,14-18H2,1-2H3,(H,27,31)(H,28,32). The van der Waals surface area contributed by atoms with Gasteiger partial charge in [-0.1, -0.05) is 36.4 Å². The van der Waals surface area contributed by atoms with Gasteiger partial charge < -0.3 is 15.0 Å². The van der Waals surface area contributed by atoms with Crippen LogP contribution in [-0.4, -0.2) is 85.7 Å². The van der Waals surface area contributed by atoms with Gasteiger partial charge in [0.2, 0.25) is 0 Å². The molecule has 35 heavy (non-hydrogen) atoms. The summed E-state index contributed by atoms with van der Waals surface area (Å²) in [6.45, 7) is 4.86. The van der Waals surface area contributed by atoms with Gasteiger partial charge in [-0.25, -0.2) is 5.48 Å². The predicted octanol–water partition coefficient (Wildman–Crippen LogP) is 1.70. The Labute approximate surface area is 206 Å². The largest absolute Gasteiger partial charge is 0.379 e. The number of hydrogen-bond acceptors (Lipinski definition) is 6. The Hall–Kier alpha value is -3.27. The van der Waals surface area contributed by atoms with Gasteiger partial charge in [-0.05, 0) is 54.6 Å². The number of carbonyl (C=O) groups is 3. The highest BCUT2D eigenvalue weighted by Gasteiger charge is 2.33. The SMILES string of the molecule is CNC(=O)C(C(=O)NO)N(C)C(=O)c1ccc(-c2ccc(CCCCN3CCOCC3)cc2)cc1. The minimum atomic E-state index is -1.49. The molecule has 0 saturated carbocycles. The molecule has 0 aromatic heterocycles. The van der Waals surface area contributed by atoms with Gasteiger partial charge in [0.05, 0.1) is 13.2 Å². The van der Waals surface area contributed by atoms with Gasteiger partial charge >= 0.3 is 0 Å². The number of aryl methyl sites for hydroxylation is 1. The second-order valence-electron chi connectivity index (χ2n) is 8.59. The van der Waals surface area contributed by atoms with Crippen LogP contribution >= 0.6 is 0 Å². The van der Waals surface area contributed by atoms with Crippen molar-refractivity contribution in [3.05, 3.63) is 59.7 Å². The number of likely N-dealkylation sites (N-methyl/N-ethyl adjacent to an activating group) is 2. The molecule has 9 heteroatoms. The summed E-state index contributed by atoms with van der Waals surface area (Å²) in [5.74, 6) is -2.20. The Morgan fingerprint density at radius 1 is 0.971 bits per heavy atom. The number of morpholine rings is 1. The lowest BCUT2D eigenvalue weighted by molar-refractivity contribution is -0.140. The number of carbonyl (C=O) groups excluding carboxylic acids is 3. The maximum Gasteiger partial charge on any atom is 0.275 e. The summed E-state index contributed by atoms with van der Waals surface area (Å²) in [5, 5.41) is 11.2. The first kappa shape index (κ1) is 26.3. The minimum absolute atomic E-state index is 0.327. The monoisotopic (exact) mass is 482 g/mol. The molecule has 0 spiro atoms. The molecule has 1 heterocycles. The molecule has 3 rings (SSSR count). The molecule has 1 unspecified atom stereocenters. The highest BCUT2D eigenvalue weighted by Crippen LogP contribution is 2.22. The summed E-state index contributed by atoms with van der Waals surface area (Å²) < 4.78 is 5.39. The van der Waals surface area contributed by atoms with Crippen LogP contribution in [0.1, 0.15) is 28.8 Å². The fraction of sp³-hybridized carbons (Fsp3) is 0.423. The average molecular weight is 483 g/mol. The molecule has 1 saturated heterocycles. The Bertz CT molecular complexity index is 972. The molecule has 3 amide bonds. The molecule has 3 N–H and O–H groups in total. The second kappa shape index (κ2) is 13.0. The van der Waals surface area contributed by atoms with Crippen molar-refractivity contribution in [2.75, 3.05) is 46.9 Å². The Balaban J connectivity index is 1.56. The van der Waals surface area contributed by atoms with E-state index in [0.29, 0.717) is 5.56 Å². The van der Waals surface area contributed by atoms with Gasteiger partial charge in [-0.3, -0.25) is 24.5 Å². The summed E-state index contributed by atoms with van der Waals surface area (Å²) >= 11 is 0. The Morgan fingerprint density at radius 2 is 1.57 bits per heavy atom. The summed E-state index contributed by atoms with van der Waals surface area (Å²) in [6.07, 6.45) is 3.36. The van der Waals surface area contributed by atoms with Crippen LogP contribution in [0.25, 0.3) is 11.1 Å². The van der Waals surface area contributed by atoms with Crippen molar-refractivity contribution < 1.29 is 24.3 Å². The summed E-state index contributed by atoms with van der Waals surface area (Å²) in [6, 6.07) is 13.9. The van der Waals surface area contributed by atoms with E-state index in [-0.39, 0.29) is 0 Å². The molecule has 1 aliphatic heterocycles. The highest BCUT2D eigenvalue weighted by molar-refractivity contribution is 6.08. The van der Waals surface area contributed by atoms with Crippen LogP contribution in [-0.2, 0) is 20.7 Å². The Kier molecular flexibility index (Phi) is 9.77. The molecule has 0 radical (unpaired) electrons. The van der Waals surface area contributed by atoms with Gasteiger partial charge in [-0.2, -0.15) is 0 Å². The normalized spacial score (nSPS) is 14.7. The minimum Gasteiger partial charge on any atom is -0.379 e. The smallest absolute Gasteiger partial charge is 0.275 e. The molecule has 2 aromatic rings. The number of ether oxygens (including phenoxy) is 1. The number of rotatable bonds is 10. The van der Waals surface area contributed by atoms with Crippen LogP contribution in [0.3, 0.4) is 0 Å². The van der Waals surface area contributed by atoms with E-state index in [4.69, 9.17) is 9.94 Å². The van der Waals surface area contributed by atoms with Gasteiger partial charge in [0, 0.05) is 32.7 Å². The predicted molar refractivity (Wildman–Crippen MR) is 132 cm³/mol. The number of hydrogen-bond donors (Lipinski definition) is 3. The summed E-state index contributed by atoms with van der Waals surface area (Å²) in [7, 11) is 2.69. The zero-order valence-corrected chi connectivity index (χ0v) is 20.3. The van der Waals surface area contributed by atoms with E-state index >= 15 is 0 Å². The molecule has 1 fully saturated rings. The van der Waals surface area contributed by atoms with Crippen LogP contribution < -0.4 is 10.8 Å². The van der Waals surface area contributed by atoms with E-state index < -0.39 is 23.8 Å². The molecule has 9 nitrogen and oxygen atoms in total. The number of nitrogens with zero attached hydrogens (tertiary/aromatic N) is 2. The second-order valence-corrected chi connectivity index (χ2v) is 8.59. The number of unbranched alkanes of at least 4 members (excludes halogenated alkanes) is 1. The van der Waals surface area contributed by atoms with Crippen LogP contribution in [0.5, 0.6) is 0 Å². The van der Waals surface area contributed by atoms with E-state index in [0.717, 1.165) is 61.7 Å². The van der Waals surface area contributed by atoms with E-state index in [1.165, 1.54) is 31.6 Å². The van der Waals surface area contributed by atoms with Crippen molar-refractivity contribution in [1.29, 1.82) is 0 Å². The average Bonchev–Trinajstić information content (AvgIpc) is 2.91. The van der Waals surface area contributed by atoms with Gasteiger partial charge in [0.15, 0.2) is 6.04 Å². The highest BCUT2D eigenvalue weighted by atomic mass is 16.5. The zero-order chi connectivity index (χ0) is 25.2. The number of nitrogens with one attached hydrogen (secondary N) is 2. The van der Waals surface area contributed by atoms with Crippen LogP contribution in [0, 0.1) is 0 Å². The molecule has 0 bridgehead atoms. The van der Waals surface area contributed by atoms with Gasteiger partial charge in [0.1, 0.15) is 0 Å². The maximum atomic E-state index is 12.8. The first-order valence-corrected chi connectivity index (χ1v) is 11.9. The van der Waals surface area contributed by atoms with E-state index in [9.17, 15) is 14.4 Å². The lowest BCUT2D eigenvalue weighted by Gasteiger charge is -2.26. The van der Waals surface area contributed by atoms with Gasteiger partial charge in [-0.15, -0.1) is 0 Å². The third kappa shape index (κ3) is 7.11. The van der Waals surface area contributed by atoms with E-state index in [1.54, 1.807) is 12.1 Å². The molecular formula is C26H34N4O5. The third-order valence-electron chi connectivity index (χ3n) is 6.27. The van der Waals surface area contributed by atoms with E-state index in [2.05, 4.69) is 34.5 Å². The molecule has 0 aliphatic carbocycles. The summed E-state index contributed by atoms with van der Waals surface area (Å²) in [5.41, 5.74) is 5.05. The summed E-state index contributed by atoms with van der Waals surface area (Å²) in [4.78, 5) is 40.2. The number of amides is 3. The lowest BCUT2D eigenvalue weighted by atomic mass is 10.00. The van der Waals surface area contributed by atoms with Crippen molar-refractivity contribution in [1.82, 2.24) is 20.6 Å². The van der Waals surface area contributed by atoms with E-state index in [1.807, 2.05) is 12.1 Å². The van der Waals surface area contributed by atoms with Crippen LogP contribution in [0.15, 0.2) is 48.5 Å². The van der Waals surface area contributed by atoms with Crippen molar-refractivity contribution in [2.24, 2.45) is 0 Å². The van der Waals surface area contributed by atoms with Crippen molar-refractivity contribution in [2.45, 2.75) is 25.3 Å². The molecule has 1 atom stereocenters. The maximum absolute atomic E-state index is 12.8. The number of hydroxylamine groups is 1. The molecule has 1 aliphatic rings. The molecule has 188 valence electrons. The third-order valence-corrected chi connectivity index (χ3v) is 6.27. The molecular weight excluding hydrogens is 448 g/mol. The van der Waals surface area contributed by atoms with Crippen LogP contribution in [0.2, 0.25) is 0 Å². The van der Waals surface area contributed by atoms with Gasteiger partial charge in [0.25, 0.3) is 17.7 Å². The van der Waals surface area contributed by atoms with Crippen molar-refractivity contribution in [3.63, 3.8) is 0 Å². The molecule has 2 aromatic carbocycles. The van der Waals surface area contributed by atoms with Crippen molar-refractivity contribution >= 4 is 17.7 Å². The number of benzene rings is 2.